The zero-order valence-corrected chi connectivity index (χ0v) is 43.4. The first kappa shape index (κ1) is 37.8. The lowest BCUT2D eigenvalue weighted by molar-refractivity contribution is 0.629. The Morgan fingerprint density at radius 3 is 1.49 bits per heavy atom. The number of nitrogens with zero attached hydrogens (tertiary/aromatic N) is 2. The molecule has 0 aliphatic carbocycles. The van der Waals surface area contributed by atoms with Gasteiger partial charge in [0.1, 0.15) is 11.6 Å². The molecular weight excluding hydrogens is 931 g/mol. The van der Waals surface area contributed by atoms with Crippen molar-refractivity contribution in [2.75, 3.05) is 9.80 Å². The van der Waals surface area contributed by atoms with Crippen LogP contribution in [0.25, 0.3) is 88.0 Å². The predicted octanol–water partition coefficient (Wildman–Crippen LogP) is 20.9. The Bertz CT molecular complexity index is 4810. The van der Waals surface area contributed by atoms with Crippen LogP contribution in [-0.2, 0) is 0 Å². The Morgan fingerprint density at radius 1 is 0.382 bits per heavy atom. The summed E-state index contributed by atoms with van der Waals surface area (Å²) in [6.45, 7) is 15.9. The van der Waals surface area contributed by atoms with Crippen LogP contribution in [0.5, 0.6) is 0 Å². The second kappa shape index (κ2) is 17.9. The van der Waals surface area contributed by atoms with Crippen LogP contribution in [0.15, 0.2) is 194 Å². The van der Waals surface area contributed by atoms with Gasteiger partial charge in [-0.1, -0.05) is 145 Å². The van der Waals surface area contributed by atoms with Crippen molar-refractivity contribution in [3.63, 3.8) is 0 Å². The molecule has 12 aromatic rings. The molecule has 1 aliphatic rings. The van der Waals surface area contributed by atoms with Gasteiger partial charge in [-0.25, -0.2) is 8.78 Å². The second-order valence-corrected chi connectivity index (χ2v) is 20.4. The lowest BCUT2D eigenvalue weighted by Gasteiger charge is -2.37. The molecule has 4 heteroatoms. The Morgan fingerprint density at radius 2 is 0.882 bits per heavy atom. The molecule has 0 atom stereocenters. The number of rotatable bonds is 8. The zero-order valence-electron chi connectivity index (χ0n) is 52.4. The summed E-state index contributed by atoms with van der Waals surface area (Å²) in [5.41, 5.74) is 14.0. The van der Waals surface area contributed by atoms with Crippen molar-refractivity contribution in [2.45, 2.75) is 55.4 Å². The van der Waals surface area contributed by atoms with Gasteiger partial charge in [-0.15, -0.1) is 0 Å². The van der Waals surface area contributed by atoms with Gasteiger partial charge >= 0.3 is 0 Å². The topological polar surface area (TPSA) is 6.48 Å². The van der Waals surface area contributed by atoms with Crippen molar-refractivity contribution in [1.82, 2.24) is 0 Å². The smallest absolute Gasteiger partial charge is 0.147 e. The third kappa shape index (κ3) is 7.04. The monoisotopic (exact) mass is 995 g/mol. The van der Waals surface area contributed by atoms with Crippen LogP contribution in [0.2, 0.25) is 0 Å². The molecule has 368 valence electrons. The number of aryl methyl sites for hydroxylation is 8. The van der Waals surface area contributed by atoms with Crippen molar-refractivity contribution in [3.8, 4) is 55.6 Å². The van der Waals surface area contributed by atoms with Crippen LogP contribution in [0.3, 0.4) is 0 Å². The third-order valence-electron chi connectivity index (χ3n) is 15.7. The highest BCUT2D eigenvalue weighted by Crippen LogP contribution is 2.59. The summed E-state index contributed by atoms with van der Waals surface area (Å²) >= 11 is 0. The number of fused-ring (bicyclic) bond motifs is 2. The van der Waals surface area contributed by atoms with E-state index in [-0.39, 0.29) is 40.4 Å². The fourth-order valence-corrected chi connectivity index (χ4v) is 12.6. The summed E-state index contributed by atoms with van der Waals surface area (Å²) in [7, 11) is 0. The summed E-state index contributed by atoms with van der Waals surface area (Å²) in [4.78, 5) is 3.18. The molecule has 13 rings (SSSR count). The van der Waals surface area contributed by atoms with Crippen molar-refractivity contribution in [1.29, 1.82) is 0 Å². The Labute approximate surface area is 456 Å². The molecule has 0 aromatic heterocycles. The molecule has 76 heavy (non-hydrogen) atoms. The summed E-state index contributed by atoms with van der Waals surface area (Å²) in [6.07, 6.45) is 0. The number of halogens is 2. The van der Waals surface area contributed by atoms with Gasteiger partial charge in [0.2, 0.25) is 0 Å². The predicted molar refractivity (Wildman–Crippen MR) is 318 cm³/mol. The average Bonchev–Trinajstić information content (AvgIpc) is 0.792. The maximum atomic E-state index is 18.3. The summed E-state index contributed by atoms with van der Waals surface area (Å²) in [5, 5.41) is 3.72. The number of hydrogen-bond acceptors (Lipinski definition) is 2. The fourth-order valence-electron chi connectivity index (χ4n) is 12.6. The van der Waals surface area contributed by atoms with E-state index in [0.717, 1.165) is 72.1 Å². The van der Waals surface area contributed by atoms with Crippen LogP contribution in [0, 0.1) is 67.0 Å². The minimum absolute atomic E-state index is 0.0389. The van der Waals surface area contributed by atoms with E-state index in [1.807, 2.05) is 165 Å². The highest BCUT2D eigenvalue weighted by molar-refractivity contribution is 6.33. The lowest BCUT2D eigenvalue weighted by Crippen LogP contribution is -2.18. The van der Waals surface area contributed by atoms with Gasteiger partial charge in [0.25, 0.3) is 0 Å². The van der Waals surface area contributed by atoms with E-state index in [0.29, 0.717) is 66.1 Å². The van der Waals surface area contributed by atoms with Gasteiger partial charge in [0.05, 0.1) is 40.8 Å². The number of hydrogen-bond donors (Lipinski definition) is 0. The summed E-state index contributed by atoms with van der Waals surface area (Å²) < 4.78 is 121. The van der Waals surface area contributed by atoms with E-state index in [4.69, 9.17) is 4.11 Å². The molecule has 2 nitrogen and oxygen atoms in total. The first-order chi connectivity index (χ1) is 40.6. The first-order valence-electron chi connectivity index (χ1n) is 30.1. The van der Waals surface area contributed by atoms with Gasteiger partial charge in [-0.05, 0) is 203 Å². The molecule has 0 fully saturated rings. The van der Waals surface area contributed by atoms with Crippen LogP contribution in [-0.4, -0.2) is 0 Å². The zero-order chi connectivity index (χ0) is 60.1. The summed E-state index contributed by atoms with van der Waals surface area (Å²) in [5.74, 6) is -1.34. The van der Waals surface area contributed by atoms with E-state index >= 15 is 8.78 Å². The minimum Gasteiger partial charge on any atom is -0.307 e. The molecule has 1 heterocycles. The molecule has 1 aliphatic heterocycles. The van der Waals surface area contributed by atoms with Gasteiger partial charge in [0.15, 0.2) is 0 Å². The Hall–Kier alpha value is -8.86. The van der Waals surface area contributed by atoms with Crippen molar-refractivity contribution in [3.05, 3.63) is 250 Å². The van der Waals surface area contributed by atoms with Gasteiger partial charge in [0, 0.05) is 38.5 Å². The highest BCUT2D eigenvalue weighted by atomic mass is 19.1. The van der Waals surface area contributed by atoms with Crippen LogP contribution in [0.1, 0.15) is 56.8 Å². The Kier molecular flexibility index (Phi) is 8.91. The fraction of sp³-hybridized carbons (Fsp3) is 0.111. The van der Waals surface area contributed by atoms with Crippen LogP contribution < -0.4 is 9.80 Å². The number of benzene rings is 12. The molecule has 0 radical (unpaired) electrons. The molecule has 12 aromatic carbocycles. The summed E-state index contributed by atoms with van der Waals surface area (Å²) in [6, 6.07) is 38.7. The van der Waals surface area contributed by atoms with Crippen molar-refractivity contribution < 1.29 is 21.1 Å². The van der Waals surface area contributed by atoms with E-state index in [1.165, 1.54) is 17.0 Å². The van der Waals surface area contributed by atoms with Gasteiger partial charge < -0.3 is 9.80 Å². The van der Waals surface area contributed by atoms with Crippen molar-refractivity contribution in [2.24, 2.45) is 0 Å². The van der Waals surface area contributed by atoms with E-state index in [9.17, 15) is 8.22 Å². The SMILES string of the molecule is [2H]c1c([2H])c([2H])c(N(c2c(F)ccc(-c3c(C)cccc3C)c2-c2c(C)cccc2C)c2ccc3cc4c5c(ccc6ccc2c3c65)N(c2c(F)ccc(-c3c(C)cccc3C)c2-c2c(C)cccc2C)c2c([2H])c([2H])c([2H])c([2H])c2-4)c([2H])c1[2H]. The highest BCUT2D eigenvalue weighted by Gasteiger charge is 2.35. The molecule has 0 bridgehead atoms. The molecule has 0 saturated carbocycles. The van der Waals surface area contributed by atoms with Gasteiger partial charge in [-0.3, -0.25) is 0 Å². The Balaban J connectivity index is 1.21. The normalized spacial score (nSPS) is 13.7. The maximum Gasteiger partial charge on any atom is 0.147 e. The van der Waals surface area contributed by atoms with Gasteiger partial charge in [-0.2, -0.15) is 0 Å². The standard InChI is InChI=1S/C72H56F2N2/c1-41-18-14-19-42(2)62(41)54-34-36-57(73)71(69(54)64-45(5)22-16-23-46(64)6)75(51-26-10-9-11-27-51)60-38-32-50-40-56-52-28-12-13-29-59(52)76(61-39-31-49-30-33-53(60)66(50)67(49)68(56)61)72-58(74)37-35-55(63-43(3)20-15-21-44(63)4)70(72)65-47(7)24-17-25-48(65)8/h9-40H,1-8H3/i9D,10D,11D,12D,13D,26D,27D,28D,29D. The number of para-hydroxylation sites is 2. The number of anilines is 6. The first-order valence-corrected chi connectivity index (χ1v) is 25.6. The largest absolute Gasteiger partial charge is 0.307 e. The molecule has 0 amide bonds. The second-order valence-electron chi connectivity index (χ2n) is 20.4. The average molecular weight is 996 g/mol. The third-order valence-corrected chi connectivity index (χ3v) is 15.7. The molecule has 0 spiro atoms. The molecule has 0 N–H and O–H groups in total. The quantitative estimate of drug-likeness (QED) is 0.140. The van der Waals surface area contributed by atoms with E-state index < -0.39 is 53.9 Å². The molecule has 0 saturated heterocycles. The van der Waals surface area contributed by atoms with Crippen LogP contribution in [0.4, 0.5) is 42.9 Å². The maximum absolute atomic E-state index is 18.3. The molecular formula is C72H56F2N2. The van der Waals surface area contributed by atoms with E-state index in [2.05, 4.69) is 0 Å². The molecule has 0 unspecified atom stereocenters. The lowest BCUT2D eigenvalue weighted by atomic mass is 9.82. The van der Waals surface area contributed by atoms with Crippen molar-refractivity contribution >= 4 is 66.4 Å². The van der Waals surface area contributed by atoms with Crippen LogP contribution >= 0.6 is 0 Å². The van der Waals surface area contributed by atoms with E-state index in [1.54, 1.807) is 23.1 Å². The minimum atomic E-state index is -0.713.